The van der Waals surface area contributed by atoms with Gasteiger partial charge in [0.1, 0.15) is 0 Å². The molecule has 0 bridgehead atoms. The maximum atomic E-state index is 9.44. The quantitative estimate of drug-likeness (QED) is 0.673. The molecular weight excluding hydrogens is 214 g/mol. The van der Waals surface area contributed by atoms with Crippen LogP contribution < -0.4 is 5.32 Å². The van der Waals surface area contributed by atoms with Crippen LogP contribution in [0.15, 0.2) is 12.4 Å². The Hall–Kier alpha value is -0.870. The lowest BCUT2D eigenvalue weighted by molar-refractivity contribution is 0.113. The maximum Gasteiger partial charge on any atom is 0.0522 e. The number of nitrogens with one attached hydrogen (secondary N) is 1. The number of aryl methyl sites for hydroxylation is 1. The van der Waals surface area contributed by atoms with E-state index in [1.165, 1.54) is 5.56 Å². The minimum absolute atomic E-state index is 0.0505. The molecule has 1 aromatic rings. The maximum absolute atomic E-state index is 9.44. The highest BCUT2D eigenvalue weighted by molar-refractivity contribution is 5.03. The molecule has 0 amide bonds. The number of aromatic nitrogens is 2. The first-order valence-corrected chi connectivity index (χ1v) is 6.45. The highest BCUT2D eigenvalue weighted by Gasteiger charge is 2.24. The molecule has 0 aliphatic carbocycles. The van der Waals surface area contributed by atoms with Crippen molar-refractivity contribution in [2.24, 2.45) is 12.5 Å². The van der Waals surface area contributed by atoms with Crippen LogP contribution in [-0.2, 0) is 13.5 Å². The van der Waals surface area contributed by atoms with E-state index in [1.54, 1.807) is 0 Å². The van der Waals surface area contributed by atoms with Gasteiger partial charge in [-0.15, -0.1) is 0 Å². The highest BCUT2D eigenvalue weighted by Crippen LogP contribution is 2.24. The third-order valence-corrected chi connectivity index (χ3v) is 3.68. The van der Waals surface area contributed by atoms with Crippen molar-refractivity contribution in [3.63, 3.8) is 0 Å². The molecule has 0 aromatic carbocycles. The number of aliphatic hydroxyl groups is 1. The van der Waals surface area contributed by atoms with Crippen molar-refractivity contribution >= 4 is 0 Å². The summed E-state index contributed by atoms with van der Waals surface area (Å²) in [5, 5.41) is 17.0. The fourth-order valence-electron chi connectivity index (χ4n) is 1.97. The fourth-order valence-corrected chi connectivity index (χ4v) is 1.97. The molecule has 0 aliphatic heterocycles. The molecule has 98 valence electrons. The van der Waals surface area contributed by atoms with Gasteiger partial charge in [-0.2, -0.15) is 5.10 Å². The molecule has 0 unspecified atom stereocenters. The second-order valence-electron chi connectivity index (χ2n) is 4.81. The molecule has 0 aliphatic rings. The van der Waals surface area contributed by atoms with E-state index < -0.39 is 0 Å². The lowest BCUT2D eigenvalue weighted by atomic mass is 9.83. The predicted octanol–water partition coefficient (Wildman–Crippen LogP) is 1.35. The van der Waals surface area contributed by atoms with Gasteiger partial charge in [-0.3, -0.25) is 4.68 Å². The van der Waals surface area contributed by atoms with Crippen LogP contribution in [0.5, 0.6) is 0 Å². The average Bonchev–Trinajstić information content (AvgIpc) is 2.76. The Kier molecular flexibility index (Phi) is 5.65. The number of nitrogens with zero attached hydrogens (tertiary/aromatic N) is 2. The summed E-state index contributed by atoms with van der Waals surface area (Å²) in [7, 11) is 1.93. The lowest BCUT2D eigenvalue weighted by Crippen LogP contribution is -2.37. The van der Waals surface area contributed by atoms with Gasteiger partial charge in [0.05, 0.1) is 6.20 Å². The Morgan fingerprint density at radius 1 is 1.41 bits per heavy atom. The molecule has 4 nitrogen and oxygen atoms in total. The van der Waals surface area contributed by atoms with Gasteiger partial charge in [0.25, 0.3) is 0 Å². The Labute approximate surface area is 104 Å². The summed E-state index contributed by atoms with van der Waals surface area (Å²) in [5.74, 6) is 0. The van der Waals surface area contributed by atoms with Crippen molar-refractivity contribution in [1.82, 2.24) is 15.1 Å². The van der Waals surface area contributed by atoms with E-state index in [4.69, 9.17) is 0 Å². The fraction of sp³-hybridized carbons (Fsp3) is 0.769. The third kappa shape index (κ3) is 4.13. The Balaban J connectivity index is 2.27. The molecule has 1 heterocycles. The van der Waals surface area contributed by atoms with Gasteiger partial charge in [-0.1, -0.05) is 13.8 Å². The number of rotatable bonds is 8. The summed E-state index contributed by atoms with van der Waals surface area (Å²) < 4.78 is 1.82. The second kappa shape index (κ2) is 6.77. The molecule has 0 spiro atoms. The zero-order valence-corrected chi connectivity index (χ0v) is 11.2. The molecule has 0 saturated carbocycles. The number of hydrogen-bond donors (Lipinski definition) is 2. The molecule has 1 rings (SSSR count). The normalized spacial score (nSPS) is 12.0. The highest BCUT2D eigenvalue weighted by atomic mass is 16.3. The van der Waals surface area contributed by atoms with Gasteiger partial charge in [0.2, 0.25) is 0 Å². The van der Waals surface area contributed by atoms with E-state index in [-0.39, 0.29) is 12.0 Å². The Morgan fingerprint density at radius 3 is 2.59 bits per heavy atom. The van der Waals surface area contributed by atoms with Gasteiger partial charge >= 0.3 is 0 Å². The molecule has 4 heteroatoms. The molecule has 0 saturated heterocycles. The summed E-state index contributed by atoms with van der Waals surface area (Å²) in [6.07, 6.45) is 6.96. The van der Waals surface area contributed by atoms with Gasteiger partial charge in [-0.05, 0) is 31.4 Å². The molecule has 0 atom stereocenters. The Morgan fingerprint density at radius 2 is 2.12 bits per heavy atom. The van der Waals surface area contributed by atoms with E-state index >= 15 is 0 Å². The van der Waals surface area contributed by atoms with Crippen LogP contribution >= 0.6 is 0 Å². The molecule has 0 fully saturated rings. The third-order valence-electron chi connectivity index (χ3n) is 3.68. The van der Waals surface area contributed by atoms with E-state index in [0.717, 1.165) is 32.4 Å². The number of hydrogen-bond acceptors (Lipinski definition) is 3. The van der Waals surface area contributed by atoms with Crippen LogP contribution in [0.3, 0.4) is 0 Å². The predicted molar refractivity (Wildman–Crippen MR) is 69.9 cm³/mol. The van der Waals surface area contributed by atoms with E-state index in [2.05, 4.69) is 24.3 Å². The SMILES string of the molecule is CCC(CC)(CO)CNCCc1cnn(C)c1. The zero-order chi connectivity index (χ0) is 12.7. The van der Waals surface area contributed by atoms with Crippen LogP contribution in [0.2, 0.25) is 0 Å². The monoisotopic (exact) mass is 239 g/mol. The van der Waals surface area contributed by atoms with Crippen LogP contribution in [-0.4, -0.2) is 34.6 Å². The lowest BCUT2D eigenvalue weighted by Gasteiger charge is -2.29. The summed E-state index contributed by atoms with van der Waals surface area (Å²) >= 11 is 0. The van der Waals surface area contributed by atoms with Gasteiger partial charge < -0.3 is 10.4 Å². The van der Waals surface area contributed by atoms with Crippen LogP contribution in [0.25, 0.3) is 0 Å². The number of aliphatic hydroxyl groups excluding tert-OH is 1. The van der Waals surface area contributed by atoms with E-state index in [0.29, 0.717) is 0 Å². The largest absolute Gasteiger partial charge is 0.396 e. The summed E-state index contributed by atoms with van der Waals surface area (Å²) in [4.78, 5) is 0. The van der Waals surface area contributed by atoms with Crippen LogP contribution in [0.1, 0.15) is 32.3 Å². The van der Waals surface area contributed by atoms with Crippen molar-refractivity contribution in [1.29, 1.82) is 0 Å². The minimum Gasteiger partial charge on any atom is -0.396 e. The first kappa shape index (κ1) is 14.2. The Bertz CT molecular complexity index is 310. The van der Waals surface area contributed by atoms with Gasteiger partial charge in [-0.25, -0.2) is 0 Å². The summed E-state index contributed by atoms with van der Waals surface area (Å²) in [6.45, 7) is 6.37. The van der Waals surface area contributed by atoms with Gasteiger partial charge in [0, 0.05) is 31.8 Å². The van der Waals surface area contributed by atoms with Crippen LogP contribution in [0.4, 0.5) is 0 Å². The van der Waals surface area contributed by atoms with Crippen LogP contribution in [0, 0.1) is 5.41 Å². The van der Waals surface area contributed by atoms with Crippen molar-refractivity contribution in [3.05, 3.63) is 18.0 Å². The standard InChI is InChI=1S/C13H25N3O/c1-4-13(5-2,11-17)10-14-7-6-12-8-15-16(3)9-12/h8-9,14,17H,4-7,10-11H2,1-3H3. The average molecular weight is 239 g/mol. The van der Waals surface area contributed by atoms with Gasteiger partial charge in [0.15, 0.2) is 0 Å². The van der Waals surface area contributed by atoms with E-state index in [1.807, 2.05) is 24.1 Å². The first-order valence-electron chi connectivity index (χ1n) is 6.45. The van der Waals surface area contributed by atoms with E-state index in [9.17, 15) is 5.11 Å². The molecule has 2 N–H and O–H groups in total. The second-order valence-corrected chi connectivity index (χ2v) is 4.81. The van der Waals surface area contributed by atoms with Crippen molar-refractivity contribution in [3.8, 4) is 0 Å². The minimum atomic E-state index is 0.0505. The molecule has 17 heavy (non-hydrogen) atoms. The topological polar surface area (TPSA) is 50.1 Å². The molecule has 1 aromatic heterocycles. The molecular formula is C13H25N3O. The first-order chi connectivity index (χ1) is 8.15. The van der Waals surface area contributed by atoms with Crippen molar-refractivity contribution in [2.45, 2.75) is 33.1 Å². The van der Waals surface area contributed by atoms with Crippen molar-refractivity contribution in [2.75, 3.05) is 19.7 Å². The summed E-state index contributed by atoms with van der Waals surface area (Å²) in [6, 6.07) is 0. The van der Waals surface area contributed by atoms with Crippen molar-refractivity contribution < 1.29 is 5.11 Å². The summed E-state index contributed by atoms with van der Waals surface area (Å²) in [5.41, 5.74) is 1.30. The smallest absolute Gasteiger partial charge is 0.0522 e. The molecule has 0 radical (unpaired) electrons. The zero-order valence-electron chi connectivity index (χ0n) is 11.2.